The number of fused-ring (bicyclic) bond motifs is 6. The van der Waals surface area contributed by atoms with Crippen LogP contribution in [0.1, 0.15) is 94.3 Å². The first-order valence-corrected chi connectivity index (χ1v) is 15.0. The van der Waals surface area contributed by atoms with Gasteiger partial charge in [0.1, 0.15) is 11.4 Å². The predicted molar refractivity (Wildman–Crippen MR) is 179 cm³/mol. The molecular formula is C38H49NO2. The zero-order chi connectivity index (χ0) is 30.6. The van der Waals surface area contributed by atoms with Crippen LogP contribution in [-0.2, 0) is 12.0 Å². The van der Waals surface area contributed by atoms with E-state index < -0.39 is 5.60 Å². The third kappa shape index (κ3) is 7.95. The summed E-state index contributed by atoms with van der Waals surface area (Å²) in [4.78, 5) is 4.52. The van der Waals surface area contributed by atoms with Crippen LogP contribution in [0, 0.1) is 12.8 Å². The van der Waals surface area contributed by atoms with E-state index in [-0.39, 0.29) is 0 Å². The smallest absolute Gasteiger partial charge is 0.138 e. The first-order chi connectivity index (χ1) is 19.7. The van der Waals surface area contributed by atoms with Crippen molar-refractivity contribution in [3.63, 3.8) is 0 Å². The summed E-state index contributed by atoms with van der Waals surface area (Å²) >= 11 is 0. The Morgan fingerprint density at radius 1 is 1.00 bits per heavy atom. The molecular weight excluding hydrogens is 502 g/mol. The molecule has 0 saturated heterocycles. The molecule has 6 bridgehead atoms. The van der Waals surface area contributed by atoms with Crippen molar-refractivity contribution >= 4 is 17.9 Å². The Morgan fingerprint density at radius 2 is 1.68 bits per heavy atom. The number of nitrogens with zero attached hydrogens (tertiary/aromatic N) is 1. The quantitative estimate of drug-likeness (QED) is 0.328. The monoisotopic (exact) mass is 551 g/mol. The van der Waals surface area contributed by atoms with E-state index in [0.29, 0.717) is 12.5 Å². The fourth-order valence-corrected chi connectivity index (χ4v) is 4.74. The van der Waals surface area contributed by atoms with Gasteiger partial charge in [-0.25, -0.2) is 0 Å². The fraction of sp³-hybridized carbons (Fsp3) is 0.342. The molecule has 3 nitrogen and oxygen atoms in total. The van der Waals surface area contributed by atoms with Gasteiger partial charge in [0.15, 0.2) is 0 Å². The van der Waals surface area contributed by atoms with Crippen molar-refractivity contribution in [1.29, 1.82) is 0 Å². The second kappa shape index (κ2) is 15.9. The molecule has 218 valence electrons. The lowest BCUT2D eigenvalue weighted by atomic mass is 9.78. The molecule has 1 aliphatic heterocycles. The predicted octanol–water partition coefficient (Wildman–Crippen LogP) is 9.94. The average molecular weight is 552 g/mol. The minimum atomic E-state index is -1.41. The summed E-state index contributed by atoms with van der Waals surface area (Å²) in [7, 11) is 0. The molecule has 1 aliphatic rings. The van der Waals surface area contributed by atoms with Gasteiger partial charge in [0.2, 0.25) is 0 Å². The first-order valence-electron chi connectivity index (χ1n) is 15.0. The molecule has 41 heavy (non-hydrogen) atoms. The highest BCUT2D eigenvalue weighted by Gasteiger charge is 2.35. The van der Waals surface area contributed by atoms with Crippen LogP contribution in [0.4, 0.5) is 0 Å². The molecule has 1 atom stereocenters. The molecule has 0 radical (unpaired) electrons. The molecule has 4 rings (SSSR count). The number of aryl methyl sites for hydroxylation is 1. The normalized spacial score (nSPS) is 16.9. The van der Waals surface area contributed by atoms with Gasteiger partial charge in [-0.05, 0) is 88.9 Å². The number of ether oxygens (including phenoxy) is 1. The van der Waals surface area contributed by atoms with Crippen LogP contribution >= 0.6 is 0 Å². The van der Waals surface area contributed by atoms with Gasteiger partial charge in [0.25, 0.3) is 0 Å². The Hall–Kier alpha value is -3.69. The summed E-state index contributed by atoms with van der Waals surface area (Å²) in [6.45, 7) is 23.2. The standard InChI is InChI=1S/C34H37NO2.2C2H6/c1-7-9-28-13-15-30-19-32(28)26(6)29-11-8-10-27(18-29)16-17-37-33-20-31(14-12-24(33)4)34(30,36)25(5)22-35-21-23(2)3;2*1-2/h7-15,18-23,36H,6,16-17H2,1-5H3;2*1-2H3/b9-7-,25-22+,35-21?;;. The van der Waals surface area contributed by atoms with Crippen LogP contribution in [0.2, 0.25) is 0 Å². The molecule has 0 spiro atoms. The summed E-state index contributed by atoms with van der Waals surface area (Å²) in [5.41, 5.74) is 7.08. The van der Waals surface area contributed by atoms with Crippen molar-refractivity contribution in [3.8, 4) is 5.75 Å². The number of rotatable bonds is 4. The van der Waals surface area contributed by atoms with E-state index in [1.807, 2.05) is 85.0 Å². The van der Waals surface area contributed by atoms with Gasteiger partial charge in [-0.2, -0.15) is 0 Å². The molecule has 3 aromatic rings. The van der Waals surface area contributed by atoms with Crippen molar-refractivity contribution in [2.24, 2.45) is 10.9 Å². The molecule has 3 aromatic carbocycles. The minimum absolute atomic E-state index is 0.313. The first kappa shape index (κ1) is 33.5. The Balaban J connectivity index is 0.00000141. The second-order valence-electron chi connectivity index (χ2n) is 10.1. The van der Waals surface area contributed by atoms with Gasteiger partial charge >= 0.3 is 0 Å². The second-order valence-corrected chi connectivity index (χ2v) is 10.1. The molecule has 3 heteroatoms. The van der Waals surface area contributed by atoms with E-state index in [2.05, 4.69) is 67.9 Å². The van der Waals surface area contributed by atoms with Crippen LogP contribution in [-0.4, -0.2) is 17.9 Å². The molecule has 0 fully saturated rings. The number of hydrogen-bond donors (Lipinski definition) is 1. The Kier molecular flexibility index (Phi) is 13.0. The maximum absolute atomic E-state index is 12.5. The highest BCUT2D eigenvalue weighted by atomic mass is 16.5. The van der Waals surface area contributed by atoms with Crippen molar-refractivity contribution in [2.45, 2.75) is 74.3 Å². The molecule has 0 aliphatic carbocycles. The van der Waals surface area contributed by atoms with E-state index in [9.17, 15) is 5.11 Å². The molecule has 1 unspecified atom stereocenters. The van der Waals surface area contributed by atoms with Crippen LogP contribution in [0.15, 0.2) is 90.1 Å². The van der Waals surface area contributed by atoms with E-state index in [4.69, 9.17) is 4.74 Å². The molecule has 0 amide bonds. The van der Waals surface area contributed by atoms with Gasteiger partial charge in [-0.1, -0.05) is 109 Å². The lowest BCUT2D eigenvalue weighted by Crippen LogP contribution is -2.29. The summed E-state index contributed by atoms with van der Waals surface area (Å²) < 4.78 is 6.25. The van der Waals surface area contributed by atoms with E-state index in [1.165, 1.54) is 5.56 Å². The van der Waals surface area contributed by atoms with Gasteiger partial charge in [-0.15, -0.1) is 0 Å². The van der Waals surface area contributed by atoms with Crippen LogP contribution in [0.25, 0.3) is 11.6 Å². The molecule has 1 heterocycles. The number of allylic oxidation sites excluding steroid dienone is 1. The molecule has 1 N–H and O–H groups in total. The summed E-state index contributed by atoms with van der Waals surface area (Å²) in [5, 5.41) is 12.5. The van der Waals surface area contributed by atoms with E-state index in [0.717, 1.165) is 56.7 Å². The van der Waals surface area contributed by atoms with E-state index >= 15 is 0 Å². The van der Waals surface area contributed by atoms with Gasteiger partial charge in [0.05, 0.1) is 6.61 Å². The van der Waals surface area contributed by atoms with Crippen molar-refractivity contribution < 1.29 is 9.84 Å². The summed E-state index contributed by atoms with van der Waals surface area (Å²) in [5.74, 6) is 1.09. The average Bonchev–Trinajstić information content (AvgIpc) is 2.99. The highest BCUT2D eigenvalue weighted by Crippen LogP contribution is 2.41. The molecule has 0 aromatic heterocycles. The van der Waals surface area contributed by atoms with Crippen LogP contribution < -0.4 is 4.74 Å². The Bertz CT molecular complexity index is 1390. The third-order valence-corrected chi connectivity index (χ3v) is 6.90. The largest absolute Gasteiger partial charge is 0.493 e. The number of aliphatic imine (C=N–C) groups is 1. The maximum Gasteiger partial charge on any atom is 0.138 e. The van der Waals surface area contributed by atoms with Gasteiger partial charge in [-0.3, -0.25) is 4.99 Å². The SMILES string of the molecule is C=C1c2cccc(c2)CCOc2cc(ccc2C)C(O)(/C(C)=C/N=CC(C)C)c2ccc(/C=C\C)c1c2.CC.CC. The lowest BCUT2D eigenvalue weighted by Gasteiger charge is -2.32. The summed E-state index contributed by atoms with van der Waals surface area (Å²) in [6.07, 6.45) is 8.54. The van der Waals surface area contributed by atoms with Crippen molar-refractivity contribution in [1.82, 2.24) is 0 Å². The number of aliphatic hydroxyl groups is 1. The molecule has 0 saturated carbocycles. The van der Waals surface area contributed by atoms with Crippen LogP contribution in [0.5, 0.6) is 5.75 Å². The minimum Gasteiger partial charge on any atom is -0.493 e. The third-order valence-electron chi connectivity index (χ3n) is 6.90. The number of benzene rings is 3. The summed E-state index contributed by atoms with van der Waals surface area (Å²) in [6, 6.07) is 20.6. The van der Waals surface area contributed by atoms with E-state index in [1.54, 1.807) is 6.20 Å². The zero-order valence-electron chi connectivity index (χ0n) is 26.6. The van der Waals surface area contributed by atoms with Gasteiger partial charge < -0.3 is 9.84 Å². The van der Waals surface area contributed by atoms with Crippen molar-refractivity contribution in [3.05, 3.63) is 124 Å². The zero-order valence-corrected chi connectivity index (χ0v) is 26.6. The fourth-order valence-electron chi connectivity index (χ4n) is 4.74. The number of hydrogen-bond acceptors (Lipinski definition) is 3. The van der Waals surface area contributed by atoms with Gasteiger partial charge in [0, 0.05) is 18.8 Å². The topological polar surface area (TPSA) is 41.8 Å². The van der Waals surface area contributed by atoms with Crippen LogP contribution in [0.3, 0.4) is 0 Å². The van der Waals surface area contributed by atoms with Crippen molar-refractivity contribution in [2.75, 3.05) is 6.61 Å². The highest BCUT2D eigenvalue weighted by molar-refractivity contribution is 5.84. The Morgan fingerprint density at radius 3 is 2.37 bits per heavy atom. The Labute approximate surface area is 249 Å². The lowest BCUT2D eigenvalue weighted by molar-refractivity contribution is 0.120. The maximum atomic E-state index is 12.5.